The van der Waals surface area contributed by atoms with Gasteiger partial charge in [0.2, 0.25) is 0 Å². The van der Waals surface area contributed by atoms with Crippen molar-refractivity contribution in [1.29, 1.82) is 0 Å². The van der Waals surface area contributed by atoms with Gasteiger partial charge in [-0.2, -0.15) is 0 Å². The second kappa shape index (κ2) is 8.22. The van der Waals surface area contributed by atoms with Crippen LogP contribution in [0.5, 0.6) is 0 Å². The fourth-order valence-corrected chi connectivity index (χ4v) is 2.06. The van der Waals surface area contributed by atoms with Gasteiger partial charge in [0.05, 0.1) is 13.0 Å². The third kappa shape index (κ3) is 5.04. The van der Waals surface area contributed by atoms with Gasteiger partial charge < -0.3 is 9.84 Å². The largest absolute Gasteiger partial charge is 0.465 e. The summed E-state index contributed by atoms with van der Waals surface area (Å²) in [6.07, 6.45) is 1.66. The minimum Gasteiger partial charge on any atom is -0.465 e. The predicted molar refractivity (Wildman–Crippen MR) is 82.9 cm³/mol. The van der Waals surface area contributed by atoms with Crippen molar-refractivity contribution in [1.82, 2.24) is 0 Å². The van der Waals surface area contributed by atoms with E-state index in [-0.39, 0.29) is 19.0 Å². The number of carbonyl (C=O) groups is 1. The van der Waals surface area contributed by atoms with Crippen molar-refractivity contribution in [3.63, 3.8) is 0 Å². The molecule has 0 saturated carbocycles. The van der Waals surface area contributed by atoms with Gasteiger partial charge in [0.1, 0.15) is 0 Å². The fraction of sp³-hybridized carbons (Fsp3) is 0.278. The van der Waals surface area contributed by atoms with Crippen molar-refractivity contribution in [2.45, 2.75) is 19.3 Å². The van der Waals surface area contributed by atoms with Crippen molar-refractivity contribution in [2.75, 3.05) is 13.2 Å². The number of aliphatic hydroxyl groups is 1. The van der Waals surface area contributed by atoms with Crippen LogP contribution >= 0.6 is 0 Å². The zero-order valence-corrected chi connectivity index (χ0v) is 12.0. The first-order chi connectivity index (χ1) is 10.3. The summed E-state index contributed by atoms with van der Waals surface area (Å²) in [6.45, 7) is 0.514. The molecule has 0 amide bonds. The quantitative estimate of drug-likeness (QED) is 0.627. The van der Waals surface area contributed by atoms with Crippen LogP contribution in [-0.2, 0) is 16.0 Å². The SMILES string of the molecule is O=C(Cc1ccc(-c2ccccc2)cc1)OCCCCO. The van der Waals surface area contributed by atoms with Crippen LogP contribution in [0.2, 0.25) is 0 Å². The average molecular weight is 284 g/mol. The Morgan fingerprint density at radius 1 is 0.905 bits per heavy atom. The molecule has 0 aliphatic carbocycles. The van der Waals surface area contributed by atoms with Crippen molar-refractivity contribution in [3.05, 3.63) is 60.2 Å². The second-order valence-corrected chi connectivity index (χ2v) is 4.89. The van der Waals surface area contributed by atoms with E-state index in [1.54, 1.807) is 0 Å². The van der Waals surface area contributed by atoms with Crippen molar-refractivity contribution >= 4 is 5.97 Å². The number of benzene rings is 2. The molecule has 0 aliphatic heterocycles. The summed E-state index contributed by atoms with van der Waals surface area (Å²) < 4.78 is 5.11. The molecule has 0 heterocycles. The highest BCUT2D eigenvalue weighted by molar-refractivity contribution is 5.73. The van der Waals surface area contributed by atoms with Crippen LogP contribution in [0.3, 0.4) is 0 Å². The molecule has 2 rings (SSSR count). The topological polar surface area (TPSA) is 46.5 Å². The third-order valence-electron chi connectivity index (χ3n) is 3.23. The van der Waals surface area contributed by atoms with Crippen LogP contribution < -0.4 is 0 Å². The molecule has 0 saturated heterocycles. The van der Waals surface area contributed by atoms with Crippen LogP contribution in [0.1, 0.15) is 18.4 Å². The Hall–Kier alpha value is -2.13. The zero-order chi connectivity index (χ0) is 14.9. The van der Waals surface area contributed by atoms with Gasteiger partial charge in [-0.25, -0.2) is 0 Å². The minimum absolute atomic E-state index is 0.137. The number of esters is 1. The van der Waals surface area contributed by atoms with Gasteiger partial charge >= 0.3 is 5.97 Å². The molecule has 1 N–H and O–H groups in total. The summed E-state index contributed by atoms with van der Waals surface area (Å²) in [5, 5.41) is 8.65. The lowest BCUT2D eigenvalue weighted by atomic mass is 10.0. The molecule has 0 spiro atoms. The van der Waals surface area contributed by atoms with E-state index in [2.05, 4.69) is 12.1 Å². The molecule has 2 aromatic carbocycles. The Labute approximate surface area is 125 Å². The van der Waals surface area contributed by atoms with Gasteiger partial charge in [0, 0.05) is 6.61 Å². The number of aliphatic hydroxyl groups excluding tert-OH is 1. The summed E-state index contributed by atoms with van der Waals surface area (Å²) in [5.74, 6) is -0.222. The molecule has 0 unspecified atom stereocenters. The van der Waals surface area contributed by atoms with Crippen LogP contribution in [0.15, 0.2) is 54.6 Å². The standard InChI is InChI=1S/C18H20O3/c19-12-4-5-13-21-18(20)14-15-8-10-17(11-9-15)16-6-2-1-3-7-16/h1-3,6-11,19H,4-5,12-14H2. The molecule has 0 aliphatic rings. The third-order valence-corrected chi connectivity index (χ3v) is 3.23. The number of ether oxygens (including phenoxy) is 1. The number of carbonyl (C=O) groups excluding carboxylic acids is 1. The molecule has 0 atom stereocenters. The minimum atomic E-state index is -0.222. The monoisotopic (exact) mass is 284 g/mol. The molecule has 0 radical (unpaired) electrons. The first-order valence-electron chi connectivity index (χ1n) is 7.20. The van der Waals surface area contributed by atoms with Crippen LogP contribution in [0, 0.1) is 0 Å². The molecule has 3 heteroatoms. The Balaban J connectivity index is 1.86. The first kappa shape index (κ1) is 15.3. The maximum absolute atomic E-state index is 11.6. The van der Waals surface area contributed by atoms with E-state index in [0.29, 0.717) is 19.4 Å². The second-order valence-electron chi connectivity index (χ2n) is 4.89. The smallest absolute Gasteiger partial charge is 0.310 e. The molecular formula is C18H20O3. The highest BCUT2D eigenvalue weighted by atomic mass is 16.5. The average Bonchev–Trinajstić information content (AvgIpc) is 2.53. The van der Waals surface area contributed by atoms with Gasteiger partial charge in [0.25, 0.3) is 0 Å². The molecular weight excluding hydrogens is 264 g/mol. The molecule has 110 valence electrons. The highest BCUT2D eigenvalue weighted by Gasteiger charge is 2.05. The lowest BCUT2D eigenvalue weighted by Gasteiger charge is -2.06. The van der Waals surface area contributed by atoms with Crippen molar-refractivity contribution in [2.24, 2.45) is 0 Å². The van der Waals surface area contributed by atoms with Gasteiger partial charge in [-0.05, 0) is 29.5 Å². The van der Waals surface area contributed by atoms with Gasteiger partial charge in [0.15, 0.2) is 0 Å². The Kier molecular flexibility index (Phi) is 5.98. The van der Waals surface area contributed by atoms with Gasteiger partial charge in [-0.15, -0.1) is 0 Å². The summed E-state index contributed by atoms with van der Waals surface area (Å²) in [4.78, 5) is 11.6. The maximum atomic E-state index is 11.6. The van der Waals surface area contributed by atoms with Crippen LogP contribution in [0.4, 0.5) is 0 Å². The van der Waals surface area contributed by atoms with E-state index >= 15 is 0 Å². The fourth-order valence-electron chi connectivity index (χ4n) is 2.06. The Bertz CT molecular complexity index is 546. The van der Waals surface area contributed by atoms with E-state index in [1.807, 2.05) is 42.5 Å². The van der Waals surface area contributed by atoms with E-state index < -0.39 is 0 Å². The van der Waals surface area contributed by atoms with Gasteiger partial charge in [-0.3, -0.25) is 4.79 Å². The maximum Gasteiger partial charge on any atom is 0.310 e. The predicted octanol–water partition coefficient (Wildman–Crippen LogP) is 3.21. The molecule has 2 aromatic rings. The Morgan fingerprint density at radius 3 is 2.24 bits per heavy atom. The Morgan fingerprint density at radius 2 is 1.57 bits per heavy atom. The van der Waals surface area contributed by atoms with E-state index in [0.717, 1.165) is 16.7 Å². The van der Waals surface area contributed by atoms with Crippen LogP contribution in [0.25, 0.3) is 11.1 Å². The normalized spacial score (nSPS) is 10.3. The summed E-state index contributed by atoms with van der Waals surface area (Å²) in [6, 6.07) is 18.1. The van der Waals surface area contributed by atoms with E-state index in [9.17, 15) is 4.79 Å². The highest BCUT2D eigenvalue weighted by Crippen LogP contribution is 2.19. The molecule has 0 aromatic heterocycles. The summed E-state index contributed by atoms with van der Waals surface area (Å²) >= 11 is 0. The lowest BCUT2D eigenvalue weighted by molar-refractivity contribution is -0.143. The zero-order valence-electron chi connectivity index (χ0n) is 12.0. The number of rotatable bonds is 7. The number of hydrogen-bond donors (Lipinski definition) is 1. The first-order valence-corrected chi connectivity index (χ1v) is 7.20. The van der Waals surface area contributed by atoms with E-state index in [1.165, 1.54) is 0 Å². The summed E-state index contributed by atoms with van der Waals surface area (Å²) in [5.41, 5.74) is 3.24. The molecule has 0 bridgehead atoms. The lowest BCUT2D eigenvalue weighted by Crippen LogP contribution is -2.09. The van der Waals surface area contributed by atoms with Crippen molar-refractivity contribution < 1.29 is 14.6 Å². The molecule has 21 heavy (non-hydrogen) atoms. The van der Waals surface area contributed by atoms with Crippen molar-refractivity contribution in [3.8, 4) is 11.1 Å². The molecule has 0 fully saturated rings. The number of hydrogen-bond acceptors (Lipinski definition) is 3. The number of unbranched alkanes of at least 4 members (excludes halogenated alkanes) is 1. The van der Waals surface area contributed by atoms with Gasteiger partial charge in [-0.1, -0.05) is 54.6 Å². The van der Waals surface area contributed by atoms with E-state index in [4.69, 9.17) is 9.84 Å². The summed E-state index contributed by atoms with van der Waals surface area (Å²) in [7, 11) is 0. The molecule has 3 nitrogen and oxygen atoms in total. The van der Waals surface area contributed by atoms with Crippen LogP contribution in [-0.4, -0.2) is 24.3 Å².